The van der Waals surface area contributed by atoms with Crippen LogP contribution < -0.4 is 0 Å². The van der Waals surface area contributed by atoms with Crippen LogP contribution in [0.4, 0.5) is 0 Å². The Morgan fingerprint density at radius 3 is 1.66 bits per heavy atom. The van der Waals surface area contributed by atoms with Crippen LogP contribution >= 0.6 is 11.3 Å². The van der Waals surface area contributed by atoms with Gasteiger partial charge < -0.3 is 4.57 Å². The van der Waals surface area contributed by atoms with E-state index < -0.39 is 0 Å². The van der Waals surface area contributed by atoms with Crippen LogP contribution in [0.2, 0.25) is 0 Å². The molecule has 3 heteroatoms. The Hall–Kier alpha value is -6.29. The molecule has 0 aliphatic carbocycles. The molecule has 0 fully saturated rings. The Kier molecular flexibility index (Phi) is 5.86. The topological polar surface area (TPSA) is 17.8 Å². The van der Waals surface area contributed by atoms with Gasteiger partial charge in [-0.15, -0.1) is 11.3 Å². The lowest BCUT2D eigenvalue weighted by atomic mass is 9.91. The summed E-state index contributed by atoms with van der Waals surface area (Å²) in [4.78, 5) is 4.99. The first kappa shape index (κ1) is 27.6. The Bertz CT molecular complexity index is 3070. The quantitative estimate of drug-likeness (QED) is 0.174. The molecule has 0 saturated carbocycles. The van der Waals surface area contributed by atoms with E-state index in [4.69, 9.17) is 4.98 Å². The molecule has 2 nitrogen and oxygen atoms in total. The summed E-state index contributed by atoms with van der Waals surface area (Å²) in [6.07, 6.45) is 1.97. The van der Waals surface area contributed by atoms with Gasteiger partial charge in [-0.2, -0.15) is 0 Å². The standard InChI is InChI=1S/C47H28N2S/c1-2-14-35-33(12-1)34-13-3-4-15-36(34)41-27-30(20-22-37(35)41)29-10-9-11-31(26-29)46-47-40(24-25-48-46)42-28-32(21-23-45(42)50-47)49-43-18-7-5-16-38(43)39-17-6-8-19-44(39)49/h1-28H. The molecule has 11 aromatic rings. The van der Waals surface area contributed by atoms with Gasteiger partial charge in [0.1, 0.15) is 0 Å². The highest BCUT2D eigenvalue weighted by Gasteiger charge is 2.16. The van der Waals surface area contributed by atoms with Crippen molar-refractivity contribution < 1.29 is 0 Å². The van der Waals surface area contributed by atoms with E-state index in [0.29, 0.717) is 0 Å². The van der Waals surface area contributed by atoms with E-state index in [1.165, 1.54) is 91.1 Å². The molecule has 50 heavy (non-hydrogen) atoms. The van der Waals surface area contributed by atoms with Crippen molar-refractivity contribution >= 4 is 85.6 Å². The summed E-state index contributed by atoms with van der Waals surface area (Å²) in [6.45, 7) is 0. The smallest absolute Gasteiger partial charge is 0.0880 e. The normalized spacial score (nSPS) is 12.0. The average Bonchev–Trinajstić information content (AvgIpc) is 3.73. The summed E-state index contributed by atoms with van der Waals surface area (Å²) >= 11 is 1.83. The van der Waals surface area contributed by atoms with Gasteiger partial charge in [0.25, 0.3) is 0 Å². The molecule has 0 unspecified atom stereocenters. The van der Waals surface area contributed by atoms with E-state index in [2.05, 4.69) is 168 Å². The average molecular weight is 653 g/mol. The highest BCUT2D eigenvalue weighted by atomic mass is 32.1. The zero-order chi connectivity index (χ0) is 32.8. The van der Waals surface area contributed by atoms with E-state index in [-0.39, 0.29) is 0 Å². The van der Waals surface area contributed by atoms with Crippen molar-refractivity contribution in [1.82, 2.24) is 9.55 Å². The molecule has 8 aromatic carbocycles. The first-order valence-electron chi connectivity index (χ1n) is 17.0. The SMILES string of the molecule is c1cc(-c2ccc3c4ccccc4c4ccccc4c3c2)cc(-c2nccc3c2sc2ccc(-n4c5ccccc5c5ccccc54)cc23)c1. The molecule has 232 valence electrons. The molecule has 0 atom stereocenters. The van der Waals surface area contributed by atoms with Crippen molar-refractivity contribution in [3.8, 4) is 28.1 Å². The highest BCUT2D eigenvalue weighted by molar-refractivity contribution is 7.26. The zero-order valence-corrected chi connectivity index (χ0v) is 27.8. The van der Waals surface area contributed by atoms with Crippen LogP contribution in [0, 0.1) is 0 Å². The molecular formula is C47H28N2S. The summed E-state index contributed by atoms with van der Waals surface area (Å²) in [5, 5.41) is 12.8. The van der Waals surface area contributed by atoms with E-state index in [1.54, 1.807) is 0 Å². The summed E-state index contributed by atoms with van der Waals surface area (Å²) in [5.74, 6) is 0. The summed E-state index contributed by atoms with van der Waals surface area (Å²) < 4.78 is 4.88. The largest absolute Gasteiger partial charge is 0.309 e. The number of hydrogen-bond donors (Lipinski definition) is 0. The molecule has 3 heterocycles. The van der Waals surface area contributed by atoms with Crippen LogP contribution in [0.25, 0.3) is 102 Å². The van der Waals surface area contributed by atoms with Crippen molar-refractivity contribution in [3.63, 3.8) is 0 Å². The minimum absolute atomic E-state index is 1.03. The van der Waals surface area contributed by atoms with Crippen molar-refractivity contribution in [2.75, 3.05) is 0 Å². The number of aromatic nitrogens is 2. The fourth-order valence-corrected chi connectivity index (χ4v) is 9.36. The van der Waals surface area contributed by atoms with Crippen LogP contribution in [0.1, 0.15) is 0 Å². The molecule has 0 bridgehead atoms. The third-order valence-electron chi connectivity index (χ3n) is 10.4. The van der Waals surface area contributed by atoms with E-state index in [9.17, 15) is 0 Å². The highest BCUT2D eigenvalue weighted by Crippen LogP contribution is 2.42. The second-order valence-electron chi connectivity index (χ2n) is 13.1. The van der Waals surface area contributed by atoms with E-state index in [0.717, 1.165) is 11.3 Å². The minimum atomic E-state index is 1.03. The van der Waals surface area contributed by atoms with E-state index >= 15 is 0 Å². The fraction of sp³-hybridized carbons (Fsp3) is 0. The van der Waals surface area contributed by atoms with Gasteiger partial charge in [-0.3, -0.25) is 4.98 Å². The Morgan fingerprint density at radius 2 is 0.960 bits per heavy atom. The maximum atomic E-state index is 4.99. The second-order valence-corrected chi connectivity index (χ2v) is 14.2. The van der Waals surface area contributed by atoms with Crippen molar-refractivity contribution in [2.45, 2.75) is 0 Å². The van der Waals surface area contributed by atoms with Crippen LogP contribution in [-0.4, -0.2) is 9.55 Å². The fourth-order valence-electron chi connectivity index (χ4n) is 8.17. The molecule has 0 radical (unpaired) electrons. The van der Waals surface area contributed by atoms with Gasteiger partial charge in [0.15, 0.2) is 0 Å². The third-order valence-corrected chi connectivity index (χ3v) is 11.6. The number of para-hydroxylation sites is 2. The molecule has 0 aliphatic rings. The predicted molar refractivity (Wildman–Crippen MR) is 215 cm³/mol. The lowest BCUT2D eigenvalue weighted by Crippen LogP contribution is -1.93. The third kappa shape index (κ3) is 3.98. The summed E-state index contributed by atoms with van der Waals surface area (Å²) in [5.41, 5.74) is 8.18. The molecule has 0 spiro atoms. The second kappa shape index (κ2) is 10.6. The maximum absolute atomic E-state index is 4.99. The van der Waals surface area contributed by atoms with Crippen LogP contribution in [-0.2, 0) is 0 Å². The zero-order valence-electron chi connectivity index (χ0n) is 27.0. The van der Waals surface area contributed by atoms with Gasteiger partial charge in [-0.1, -0.05) is 115 Å². The van der Waals surface area contributed by atoms with Gasteiger partial charge in [0.05, 0.1) is 21.4 Å². The van der Waals surface area contributed by atoms with Gasteiger partial charge in [0.2, 0.25) is 0 Å². The molecule has 0 aliphatic heterocycles. The van der Waals surface area contributed by atoms with Crippen LogP contribution in [0.5, 0.6) is 0 Å². The van der Waals surface area contributed by atoms with Crippen molar-refractivity contribution in [2.24, 2.45) is 0 Å². The molecule has 0 saturated heterocycles. The number of rotatable bonds is 3. The minimum Gasteiger partial charge on any atom is -0.309 e. The van der Waals surface area contributed by atoms with Crippen LogP contribution in [0.3, 0.4) is 0 Å². The summed E-state index contributed by atoms with van der Waals surface area (Å²) in [6, 6.07) is 59.8. The van der Waals surface area contributed by atoms with Crippen molar-refractivity contribution in [1.29, 1.82) is 0 Å². The van der Waals surface area contributed by atoms with E-state index in [1.807, 2.05) is 17.5 Å². The van der Waals surface area contributed by atoms with Gasteiger partial charge in [-0.05, 0) is 92.0 Å². The van der Waals surface area contributed by atoms with Gasteiger partial charge in [-0.25, -0.2) is 0 Å². The molecule has 0 N–H and O–H groups in total. The number of fused-ring (bicyclic) bond motifs is 12. The molecule has 3 aromatic heterocycles. The Labute approximate surface area is 292 Å². The molecular weight excluding hydrogens is 625 g/mol. The predicted octanol–water partition coefficient (Wildman–Crippen LogP) is 13.3. The van der Waals surface area contributed by atoms with Gasteiger partial charge >= 0.3 is 0 Å². The number of benzene rings is 8. The Morgan fingerprint density at radius 1 is 0.380 bits per heavy atom. The maximum Gasteiger partial charge on any atom is 0.0880 e. The van der Waals surface area contributed by atoms with Gasteiger partial charge in [0, 0.05) is 43.7 Å². The number of nitrogens with zero attached hydrogens (tertiary/aromatic N) is 2. The summed E-state index contributed by atoms with van der Waals surface area (Å²) in [7, 11) is 0. The molecule has 11 rings (SSSR count). The molecule has 0 amide bonds. The Balaban J connectivity index is 1.06. The van der Waals surface area contributed by atoms with Crippen LogP contribution in [0.15, 0.2) is 170 Å². The lowest BCUT2D eigenvalue weighted by Gasteiger charge is -2.12. The number of pyridine rings is 1. The number of hydrogen-bond acceptors (Lipinski definition) is 2. The lowest BCUT2D eigenvalue weighted by molar-refractivity contribution is 1.19. The van der Waals surface area contributed by atoms with Crippen molar-refractivity contribution in [3.05, 3.63) is 170 Å². The number of thiophene rings is 1. The monoisotopic (exact) mass is 652 g/mol. The first-order valence-corrected chi connectivity index (χ1v) is 17.9. The first-order chi connectivity index (χ1) is 24.8.